The summed E-state index contributed by atoms with van der Waals surface area (Å²) in [5, 5.41) is 8.81. The lowest BCUT2D eigenvalue weighted by Crippen LogP contribution is -2.20. The van der Waals surface area contributed by atoms with E-state index in [1.165, 1.54) is 0 Å². The van der Waals surface area contributed by atoms with E-state index in [2.05, 4.69) is 9.47 Å². The van der Waals surface area contributed by atoms with Crippen LogP contribution < -0.4 is 9.47 Å². The van der Waals surface area contributed by atoms with Gasteiger partial charge in [0.25, 0.3) is 0 Å². The van der Waals surface area contributed by atoms with E-state index in [0.29, 0.717) is 18.2 Å². The van der Waals surface area contributed by atoms with Crippen molar-refractivity contribution in [3.05, 3.63) is 58.4 Å². The van der Waals surface area contributed by atoms with Gasteiger partial charge in [0.2, 0.25) is 5.82 Å². The Morgan fingerprint density at radius 2 is 1.32 bits per heavy atom. The van der Waals surface area contributed by atoms with Gasteiger partial charge in [-0.05, 0) is 18.2 Å². The second-order valence-corrected chi connectivity index (χ2v) is 4.85. The van der Waals surface area contributed by atoms with E-state index in [-0.39, 0.29) is 0 Å². The predicted molar refractivity (Wildman–Crippen MR) is 71.3 cm³/mol. The van der Waals surface area contributed by atoms with E-state index >= 15 is 0 Å². The third kappa shape index (κ3) is 4.13. The fourth-order valence-electron chi connectivity index (χ4n) is 1.86. The second kappa shape index (κ2) is 7.32. The van der Waals surface area contributed by atoms with Gasteiger partial charge in [0.1, 0.15) is 5.56 Å². The summed E-state index contributed by atoms with van der Waals surface area (Å²) in [6.45, 7) is 0. The lowest BCUT2D eigenvalue weighted by Gasteiger charge is -2.14. The lowest BCUT2D eigenvalue weighted by atomic mass is 10.1. The maximum atomic E-state index is 13.6. The molecule has 2 rings (SSSR count). The molecule has 150 valence electrons. The van der Waals surface area contributed by atoms with Gasteiger partial charge in [-0.15, -0.1) is 13.2 Å². The summed E-state index contributed by atoms with van der Waals surface area (Å²) >= 11 is 0. The third-order valence-electron chi connectivity index (χ3n) is 3.03. The van der Waals surface area contributed by atoms with Gasteiger partial charge in [-0.3, -0.25) is 0 Å². The molecule has 1 N–H and O–H groups in total. The van der Waals surface area contributed by atoms with Gasteiger partial charge in [-0.25, -0.2) is 31.5 Å². The van der Waals surface area contributed by atoms with Crippen LogP contribution in [-0.2, 0) is 0 Å². The van der Waals surface area contributed by atoms with Crippen molar-refractivity contribution in [3.63, 3.8) is 0 Å². The van der Waals surface area contributed by atoms with E-state index in [0.717, 1.165) is 0 Å². The van der Waals surface area contributed by atoms with Crippen LogP contribution in [0, 0.1) is 29.1 Å². The minimum absolute atomic E-state index is 0.313. The molecule has 0 aliphatic rings. The van der Waals surface area contributed by atoms with E-state index in [4.69, 9.17) is 5.11 Å². The Morgan fingerprint density at radius 3 is 1.79 bits per heavy atom. The monoisotopic (exact) mass is 416 g/mol. The average molecular weight is 416 g/mol. The number of aromatic carboxylic acids is 1. The number of hydrogen-bond donors (Lipinski definition) is 1. The molecule has 0 aliphatic carbocycles. The number of alkyl halides is 3. The summed E-state index contributed by atoms with van der Waals surface area (Å²) < 4.78 is 111. The average Bonchev–Trinajstić information content (AvgIpc) is 2.58. The fraction of sp³-hybridized carbons (Fsp3) is 0.0667. The quantitative estimate of drug-likeness (QED) is 0.266. The molecule has 2 aromatic rings. The fourth-order valence-corrected chi connectivity index (χ4v) is 1.86. The minimum atomic E-state index is -5.35. The molecule has 0 atom stereocenters. The van der Waals surface area contributed by atoms with Crippen molar-refractivity contribution in [1.29, 1.82) is 0 Å². The molecule has 0 radical (unpaired) electrons. The van der Waals surface area contributed by atoms with Crippen LogP contribution in [0.3, 0.4) is 0 Å². The molecular formula is C15H4F8O5. The number of carbonyl (C=O) groups is 2. The highest BCUT2D eigenvalue weighted by Gasteiger charge is 2.35. The largest absolute Gasteiger partial charge is 0.573 e. The molecule has 13 heteroatoms. The highest BCUT2D eigenvalue weighted by Crippen LogP contribution is 2.34. The first-order chi connectivity index (χ1) is 12.8. The Labute approximate surface area is 148 Å². The number of esters is 1. The third-order valence-corrected chi connectivity index (χ3v) is 3.03. The van der Waals surface area contributed by atoms with Crippen LogP contribution in [-0.4, -0.2) is 23.4 Å². The number of hydrogen-bond acceptors (Lipinski definition) is 4. The summed E-state index contributed by atoms with van der Waals surface area (Å²) in [5.74, 6) is -19.4. The molecule has 0 amide bonds. The van der Waals surface area contributed by atoms with Crippen molar-refractivity contribution < 1.29 is 59.3 Å². The van der Waals surface area contributed by atoms with E-state index in [1.54, 1.807) is 0 Å². The number of carboxylic acid groups (broad SMARTS) is 1. The Balaban J connectivity index is 2.54. The Morgan fingerprint density at radius 1 is 0.821 bits per heavy atom. The van der Waals surface area contributed by atoms with E-state index in [9.17, 15) is 44.7 Å². The molecule has 0 unspecified atom stereocenters. The predicted octanol–water partition coefficient (Wildman–Crippen LogP) is 4.20. The Hall–Kier alpha value is -3.38. The lowest BCUT2D eigenvalue weighted by molar-refractivity contribution is -0.275. The van der Waals surface area contributed by atoms with Crippen LogP contribution in [0.1, 0.15) is 20.7 Å². The van der Waals surface area contributed by atoms with Crippen molar-refractivity contribution in [2.45, 2.75) is 6.36 Å². The summed E-state index contributed by atoms with van der Waals surface area (Å²) in [5.41, 5.74) is -2.84. The second-order valence-electron chi connectivity index (χ2n) is 4.85. The number of ether oxygens (including phenoxy) is 2. The van der Waals surface area contributed by atoms with Gasteiger partial charge in [0.05, 0.1) is 5.56 Å². The van der Waals surface area contributed by atoms with Crippen LogP contribution in [0.15, 0.2) is 18.2 Å². The van der Waals surface area contributed by atoms with Gasteiger partial charge < -0.3 is 14.6 Å². The first-order valence-electron chi connectivity index (χ1n) is 6.70. The SMILES string of the molecule is O=C(O)c1ccc(OC(F)(F)F)c(OC(=O)c2c(F)c(F)c(F)c(F)c2F)c1. The number of carboxylic acids is 1. The molecule has 0 spiro atoms. The van der Waals surface area contributed by atoms with Crippen molar-refractivity contribution in [2.24, 2.45) is 0 Å². The summed E-state index contributed by atoms with van der Waals surface area (Å²) in [6, 6.07) is 1.32. The highest BCUT2D eigenvalue weighted by atomic mass is 19.4. The molecule has 5 nitrogen and oxygen atoms in total. The van der Waals surface area contributed by atoms with Gasteiger partial charge in [0, 0.05) is 0 Å². The standard InChI is InChI=1S/C15H4F8O5/c16-8-7(9(17)11(19)12(20)10(8)18)14(26)27-6-3-4(13(24)25)1-2-5(6)28-15(21,22)23/h1-3H,(H,24,25). The molecule has 0 heterocycles. The molecule has 28 heavy (non-hydrogen) atoms. The van der Waals surface area contributed by atoms with E-state index < -0.39 is 70.0 Å². The number of carbonyl (C=O) groups excluding carboxylic acids is 1. The summed E-state index contributed by atoms with van der Waals surface area (Å²) in [6.07, 6.45) is -5.35. The number of benzene rings is 2. The van der Waals surface area contributed by atoms with Crippen LogP contribution in [0.2, 0.25) is 0 Å². The Bertz CT molecular complexity index is 941. The first-order valence-corrected chi connectivity index (χ1v) is 6.70. The van der Waals surface area contributed by atoms with E-state index in [1.807, 2.05) is 0 Å². The summed E-state index contributed by atoms with van der Waals surface area (Å²) in [7, 11) is 0. The van der Waals surface area contributed by atoms with Crippen molar-refractivity contribution >= 4 is 11.9 Å². The molecule has 0 aliphatic heterocycles. The number of rotatable bonds is 4. The maximum Gasteiger partial charge on any atom is 0.573 e. The van der Waals surface area contributed by atoms with Gasteiger partial charge in [-0.1, -0.05) is 0 Å². The molecule has 0 aromatic heterocycles. The number of halogens is 8. The van der Waals surface area contributed by atoms with Crippen molar-refractivity contribution in [3.8, 4) is 11.5 Å². The highest BCUT2D eigenvalue weighted by molar-refractivity contribution is 5.93. The smallest absolute Gasteiger partial charge is 0.478 e. The Kier molecular flexibility index (Phi) is 5.47. The minimum Gasteiger partial charge on any atom is -0.478 e. The van der Waals surface area contributed by atoms with Crippen LogP contribution in [0.25, 0.3) is 0 Å². The zero-order valence-corrected chi connectivity index (χ0v) is 12.8. The molecule has 2 aromatic carbocycles. The normalized spacial score (nSPS) is 11.3. The van der Waals surface area contributed by atoms with Crippen LogP contribution in [0.4, 0.5) is 35.1 Å². The topological polar surface area (TPSA) is 72.8 Å². The van der Waals surface area contributed by atoms with Crippen LogP contribution >= 0.6 is 0 Å². The molecular weight excluding hydrogens is 412 g/mol. The summed E-state index contributed by atoms with van der Waals surface area (Å²) in [4.78, 5) is 22.7. The zero-order chi connectivity index (χ0) is 21.4. The van der Waals surface area contributed by atoms with Gasteiger partial charge in [0.15, 0.2) is 34.8 Å². The maximum absolute atomic E-state index is 13.6. The molecule has 0 bridgehead atoms. The van der Waals surface area contributed by atoms with Gasteiger partial charge >= 0.3 is 18.3 Å². The first kappa shape index (κ1) is 20.9. The van der Waals surface area contributed by atoms with Crippen LogP contribution in [0.5, 0.6) is 11.5 Å². The molecule has 0 fully saturated rings. The molecule has 0 saturated carbocycles. The molecule has 0 saturated heterocycles. The zero-order valence-electron chi connectivity index (χ0n) is 12.8. The van der Waals surface area contributed by atoms with Crippen molar-refractivity contribution in [2.75, 3.05) is 0 Å². The van der Waals surface area contributed by atoms with Crippen molar-refractivity contribution in [1.82, 2.24) is 0 Å². The van der Waals surface area contributed by atoms with Gasteiger partial charge in [-0.2, -0.15) is 0 Å².